The largest absolute Gasteiger partial charge is 0.489 e. The van der Waals surface area contributed by atoms with E-state index in [4.69, 9.17) is 10.5 Å². The molecule has 2 aromatic rings. The zero-order valence-corrected chi connectivity index (χ0v) is 11.8. The van der Waals surface area contributed by atoms with Crippen LogP contribution in [0.4, 0.5) is 11.5 Å². The van der Waals surface area contributed by atoms with E-state index in [1.54, 1.807) is 13.1 Å². The summed E-state index contributed by atoms with van der Waals surface area (Å²) in [5.41, 5.74) is 6.73. The van der Waals surface area contributed by atoms with Crippen LogP contribution in [-0.2, 0) is 7.05 Å². The summed E-state index contributed by atoms with van der Waals surface area (Å²) in [6.07, 6.45) is 1.47. The molecule has 0 aliphatic heterocycles. The van der Waals surface area contributed by atoms with Crippen LogP contribution in [0.5, 0.6) is 5.75 Å². The molecular weight excluding hydrogens is 256 g/mol. The van der Waals surface area contributed by atoms with Crippen LogP contribution < -0.4 is 15.8 Å². The smallest absolute Gasteiger partial charge is 0.261 e. The predicted molar refractivity (Wildman–Crippen MR) is 77.8 cm³/mol. The number of aromatic nitrogens is 2. The van der Waals surface area contributed by atoms with Crippen molar-refractivity contribution in [2.45, 2.75) is 20.0 Å². The van der Waals surface area contributed by atoms with Gasteiger partial charge in [-0.2, -0.15) is 5.10 Å². The molecule has 0 saturated carbocycles. The lowest BCUT2D eigenvalue weighted by molar-refractivity contribution is 0.102. The zero-order valence-electron chi connectivity index (χ0n) is 11.8. The number of rotatable bonds is 4. The summed E-state index contributed by atoms with van der Waals surface area (Å²) >= 11 is 0. The van der Waals surface area contributed by atoms with Gasteiger partial charge in [-0.1, -0.05) is 12.1 Å². The van der Waals surface area contributed by atoms with Crippen molar-refractivity contribution in [1.29, 1.82) is 0 Å². The number of nitrogen functional groups attached to an aromatic ring is 1. The molecule has 0 saturated heterocycles. The highest BCUT2D eigenvalue weighted by atomic mass is 16.5. The number of para-hydroxylation sites is 2. The number of aryl methyl sites for hydroxylation is 1. The molecule has 0 unspecified atom stereocenters. The normalized spacial score (nSPS) is 10.6. The van der Waals surface area contributed by atoms with Crippen LogP contribution in [-0.4, -0.2) is 21.8 Å². The number of ether oxygens (including phenoxy) is 1. The summed E-state index contributed by atoms with van der Waals surface area (Å²) in [7, 11) is 1.68. The van der Waals surface area contributed by atoms with E-state index < -0.39 is 0 Å². The van der Waals surface area contributed by atoms with E-state index in [9.17, 15) is 4.79 Å². The maximum Gasteiger partial charge on any atom is 0.261 e. The van der Waals surface area contributed by atoms with E-state index in [-0.39, 0.29) is 12.0 Å². The quantitative estimate of drug-likeness (QED) is 0.893. The molecule has 0 spiro atoms. The number of nitrogens with zero attached hydrogens (tertiary/aromatic N) is 2. The van der Waals surface area contributed by atoms with Crippen LogP contribution in [0.2, 0.25) is 0 Å². The van der Waals surface area contributed by atoms with Crippen molar-refractivity contribution >= 4 is 17.4 Å². The van der Waals surface area contributed by atoms with Crippen molar-refractivity contribution in [2.24, 2.45) is 7.05 Å². The number of nitrogens with one attached hydrogen (secondary N) is 1. The predicted octanol–water partition coefficient (Wildman–Crippen LogP) is 2.04. The third-order valence-corrected chi connectivity index (χ3v) is 2.73. The average molecular weight is 274 g/mol. The van der Waals surface area contributed by atoms with Crippen molar-refractivity contribution in [3.63, 3.8) is 0 Å². The number of hydrogen-bond donors (Lipinski definition) is 2. The van der Waals surface area contributed by atoms with Gasteiger partial charge in [-0.25, -0.2) is 0 Å². The second-order valence-electron chi connectivity index (χ2n) is 4.68. The first-order valence-corrected chi connectivity index (χ1v) is 6.33. The Kier molecular flexibility index (Phi) is 3.93. The Hall–Kier alpha value is -2.50. The first kappa shape index (κ1) is 13.9. The molecule has 6 nitrogen and oxygen atoms in total. The molecule has 0 atom stereocenters. The molecule has 1 aromatic heterocycles. The fraction of sp³-hybridized carbons (Fsp3) is 0.286. The van der Waals surface area contributed by atoms with E-state index in [0.29, 0.717) is 22.8 Å². The SMILES string of the molecule is CC(C)Oc1ccccc1NC(=O)c1cnn(C)c1N. The van der Waals surface area contributed by atoms with Gasteiger partial charge in [-0.15, -0.1) is 0 Å². The van der Waals surface area contributed by atoms with Crippen LogP contribution in [0.3, 0.4) is 0 Å². The maximum absolute atomic E-state index is 12.2. The van der Waals surface area contributed by atoms with Crippen molar-refractivity contribution in [3.05, 3.63) is 36.0 Å². The van der Waals surface area contributed by atoms with Crippen LogP contribution in [0, 0.1) is 0 Å². The molecule has 106 valence electrons. The Morgan fingerprint density at radius 2 is 2.10 bits per heavy atom. The van der Waals surface area contributed by atoms with Crippen molar-refractivity contribution in [3.8, 4) is 5.75 Å². The topological polar surface area (TPSA) is 82.2 Å². The van der Waals surface area contributed by atoms with Crippen molar-refractivity contribution in [1.82, 2.24) is 9.78 Å². The van der Waals surface area contributed by atoms with Gasteiger partial charge in [0, 0.05) is 7.05 Å². The van der Waals surface area contributed by atoms with E-state index >= 15 is 0 Å². The molecule has 3 N–H and O–H groups in total. The molecule has 2 rings (SSSR count). The van der Waals surface area contributed by atoms with E-state index in [1.165, 1.54) is 10.9 Å². The van der Waals surface area contributed by atoms with Crippen molar-refractivity contribution < 1.29 is 9.53 Å². The Labute approximate surface area is 117 Å². The highest BCUT2D eigenvalue weighted by Gasteiger charge is 2.15. The van der Waals surface area contributed by atoms with Crippen LogP contribution in [0.15, 0.2) is 30.5 Å². The first-order valence-electron chi connectivity index (χ1n) is 6.33. The molecule has 0 aliphatic rings. The van der Waals surface area contributed by atoms with Gasteiger partial charge < -0.3 is 15.8 Å². The van der Waals surface area contributed by atoms with Gasteiger partial charge in [-0.3, -0.25) is 9.48 Å². The highest BCUT2D eigenvalue weighted by molar-refractivity contribution is 6.07. The molecule has 0 aliphatic carbocycles. The Bertz CT molecular complexity index is 619. The lowest BCUT2D eigenvalue weighted by atomic mass is 10.2. The molecule has 0 bridgehead atoms. The zero-order chi connectivity index (χ0) is 14.7. The monoisotopic (exact) mass is 274 g/mol. The minimum absolute atomic E-state index is 0.0245. The number of amides is 1. The number of anilines is 2. The fourth-order valence-electron chi connectivity index (χ4n) is 1.74. The van der Waals surface area contributed by atoms with Gasteiger partial charge >= 0.3 is 0 Å². The minimum Gasteiger partial charge on any atom is -0.489 e. The summed E-state index contributed by atoms with van der Waals surface area (Å²) < 4.78 is 7.10. The number of nitrogens with two attached hydrogens (primary N) is 1. The number of carbonyl (C=O) groups is 1. The second kappa shape index (κ2) is 5.64. The van der Waals surface area contributed by atoms with Crippen LogP contribution in [0.1, 0.15) is 24.2 Å². The van der Waals surface area contributed by atoms with E-state index in [2.05, 4.69) is 10.4 Å². The molecular formula is C14H18N4O2. The second-order valence-corrected chi connectivity index (χ2v) is 4.68. The minimum atomic E-state index is -0.310. The fourth-order valence-corrected chi connectivity index (χ4v) is 1.74. The lowest BCUT2D eigenvalue weighted by Gasteiger charge is -2.14. The van der Waals surface area contributed by atoms with Gasteiger partial charge in [0.2, 0.25) is 0 Å². The van der Waals surface area contributed by atoms with E-state index in [0.717, 1.165) is 0 Å². The van der Waals surface area contributed by atoms with Gasteiger partial charge in [0.1, 0.15) is 17.1 Å². The van der Waals surface area contributed by atoms with Crippen LogP contribution in [0.25, 0.3) is 0 Å². The summed E-state index contributed by atoms with van der Waals surface area (Å²) in [6.45, 7) is 3.86. The average Bonchev–Trinajstić information content (AvgIpc) is 2.72. The highest BCUT2D eigenvalue weighted by Crippen LogP contribution is 2.25. The molecule has 1 heterocycles. The Morgan fingerprint density at radius 3 is 2.70 bits per heavy atom. The molecule has 1 aromatic carbocycles. The summed E-state index contributed by atoms with van der Waals surface area (Å²) in [6, 6.07) is 7.27. The third-order valence-electron chi connectivity index (χ3n) is 2.73. The van der Waals surface area contributed by atoms with Crippen LogP contribution >= 0.6 is 0 Å². The molecule has 0 radical (unpaired) electrons. The summed E-state index contributed by atoms with van der Waals surface area (Å²) in [5.74, 6) is 0.637. The van der Waals surface area contributed by atoms with Gasteiger partial charge in [0.25, 0.3) is 5.91 Å². The van der Waals surface area contributed by atoms with Gasteiger partial charge in [-0.05, 0) is 26.0 Å². The third kappa shape index (κ3) is 2.90. The van der Waals surface area contributed by atoms with E-state index in [1.807, 2.05) is 32.0 Å². The van der Waals surface area contributed by atoms with Gasteiger partial charge in [0.05, 0.1) is 18.0 Å². The summed E-state index contributed by atoms with van der Waals surface area (Å²) in [4.78, 5) is 12.2. The molecule has 6 heteroatoms. The number of benzene rings is 1. The molecule has 0 fully saturated rings. The standard InChI is InChI=1S/C14H18N4O2/c1-9(2)20-12-7-5-4-6-11(12)17-14(19)10-8-16-18(3)13(10)15/h4-9H,15H2,1-3H3,(H,17,19). The number of carbonyl (C=O) groups excluding carboxylic acids is 1. The first-order chi connectivity index (χ1) is 9.49. The molecule has 1 amide bonds. The lowest BCUT2D eigenvalue weighted by Crippen LogP contribution is -2.15. The molecule has 20 heavy (non-hydrogen) atoms. The van der Waals surface area contributed by atoms with Crippen molar-refractivity contribution in [2.75, 3.05) is 11.1 Å². The Morgan fingerprint density at radius 1 is 1.40 bits per heavy atom. The van der Waals surface area contributed by atoms with Gasteiger partial charge in [0.15, 0.2) is 0 Å². The number of hydrogen-bond acceptors (Lipinski definition) is 4. The maximum atomic E-state index is 12.2. The Balaban J connectivity index is 2.22. The summed E-state index contributed by atoms with van der Waals surface area (Å²) in [5, 5.41) is 6.74.